The molecular weight excluding hydrogens is 806 g/mol. The highest BCUT2D eigenvalue weighted by molar-refractivity contribution is 5.83. The summed E-state index contributed by atoms with van der Waals surface area (Å²) in [7, 11) is 0. The fraction of sp³-hybridized carbons (Fsp3) is 0.413. The van der Waals surface area contributed by atoms with Gasteiger partial charge >= 0.3 is 30.1 Å². The second-order valence-electron chi connectivity index (χ2n) is 17.1. The molecular formula is C46H55F3N6O7. The number of aromatic nitrogens is 3. The van der Waals surface area contributed by atoms with Crippen molar-refractivity contribution in [1.29, 1.82) is 0 Å². The van der Waals surface area contributed by atoms with Crippen molar-refractivity contribution in [2.24, 2.45) is 0 Å². The van der Waals surface area contributed by atoms with Gasteiger partial charge in [-0.25, -0.2) is 19.2 Å². The number of amides is 3. The van der Waals surface area contributed by atoms with Crippen LogP contribution in [0.3, 0.4) is 0 Å². The van der Waals surface area contributed by atoms with Crippen molar-refractivity contribution < 1.29 is 41.8 Å². The first-order valence-electron chi connectivity index (χ1n) is 20.5. The minimum atomic E-state index is -4.60. The maximum Gasteiger partial charge on any atom is 0.416 e. The lowest BCUT2D eigenvalue weighted by Crippen LogP contribution is -2.38. The van der Waals surface area contributed by atoms with Crippen LogP contribution in [0.15, 0.2) is 89.9 Å². The number of alkyl carbamates (subject to hydrolysis) is 2. The summed E-state index contributed by atoms with van der Waals surface area (Å²) < 4.78 is 59.9. The number of ether oxygens (including phenoxy) is 3. The number of rotatable bonds is 15. The Balaban J connectivity index is 1.26. The number of H-pyrrole nitrogens is 1. The van der Waals surface area contributed by atoms with Crippen molar-refractivity contribution in [3.63, 3.8) is 0 Å². The van der Waals surface area contributed by atoms with E-state index >= 15 is 0 Å². The van der Waals surface area contributed by atoms with Gasteiger partial charge in [0.2, 0.25) is 0 Å². The Kier molecular flexibility index (Phi) is 15.1. The summed E-state index contributed by atoms with van der Waals surface area (Å²) in [6, 6.07) is 21.4. The Morgan fingerprint density at radius 3 is 2.19 bits per heavy atom. The molecule has 0 radical (unpaired) electrons. The zero-order valence-electron chi connectivity index (χ0n) is 36.2. The van der Waals surface area contributed by atoms with Gasteiger partial charge in [-0.2, -0.15) is 18.2 Å². The predicted octanol–water partition coefficient (Wildman–Crippen LogP) is 9.69. The first-order valence-corrected chi connectivity index (χ1v) is 20.5. The van der Waals surface area contributed by atoms with Crippen LogP contribution in [0.2, 0.25) is 0 Å². The summed E-state index contributed by atoms with van der Waals surface area (Å²) >= 11 is 0. The summed E-state index contributed by atoms with van der Waals surface area (Å²) in [4.78, 5) is 59.5. The van der Waals surface area contributed by atoms with E-state index in [1.807, 2.05) is 37.3 Å². The van der Waals surface area contributed by atoms with Gasteiger partial charge in [0, 0.05) is 43.0 Å². The van der Waals surface area contributed by atoms with Crippen molar-refractivity contribution in [1.82, 2.24) is 30.1 Å². The third-order valence-corrected chi connectivity index (χ3v) is 9.33. The maximum absolute atomic E-state index is 14.1. The number of fused-ring (bicyclic) bond motifs is 1. The number of aromatic amines is 1. The van der Waals surface area contributed by atoms with E-state index in [0.29, 0.717) is 48.0 Å². The maximum atomic E-state index is 14.1. The molecule has 0 aliphatic rings. The van der Waals surface area contributed by atoms with Crippen LogP contribution < -0.4 is 16.3 Å². The summed E-state index contributed by atoms with van der Waals surface area (Å²) in [5.41, 5.74) is 0.593. The molecule has 62 heavy (non-hydrogen) atoms. The molecule has 5 rings (SSSR count). The first-order chi connectivity index (χ1) is 29.1. The van der Waals surface area contributed by atoms with Crippen LogP contribution in [0.5, 0.6) is 0 Å². The zero-order valence-corrected chi connectivity index (χ0v) is 36.2. The van der Waals surface area contributed by atoms with Gasteiger partial charge in [0.05, 0.1) is 11.3 Å². The summed E-state index contributed by atoms with van der Waals surface area (Å²) in [6.45, 7) is 13.3. The minimum Gasteiger partial charge on any atom is -0.445 e. The smallest absolute Gasteiger partial charge is 0.416 e. The molecule has 3 N–H and O–H groups in total. The standard InChI is InChI=1S/C46H55F3N6O7/c1-30(51-42(58)60-29-32-14-9-8-10-15-32)13-11-16-33-23-34(25-36(24-33)46(47,48)49)38-26-35-28-55(40(56)53-39(35)52-38)37-19-17-31(18-20-37)27-54(43(59)62-45(5,6)7)22-12-21-50-41(57)61-44(2,3)4/h8-10,14-15,17-20,23-26,28,30H,11-13,16,21-22,27,29H2,1-7H3,(H,50,57)(H,51,58)(H,52,53,56)/t30-/m0/s1. The van der Waals surface area contributed by atoms with Crippen LogP contribution in [-0.2, 0) is 40.0 Å². The molecule has 2 aromatic heterocycles. The quantitative estimate of drug-likeness (QED) is 0.0694. The highest BCUT2D eigenvalue weighted by atomic mass is 19.4. The van der Waals surface area contributed by atoms with Gasteiger partial charge in [0.15, 0.2) is 0 Å². The molecule has 332 valence electrons. The molecule has 0 aliphatic carbocycles. The topological polar surface area (TPSA) is 157 Å². The van der Waals surface area contributed by atoms with Crippen molar-refractivity contribution in [3.05, 3.63) is 118 Å². The Bertz CT molecular complexity index is 2370. The van der Waals surface area contributed by atoms with Gasteiger partial charge in [0.25, 0.3) is 0 Å². The van der Waals surface area contributed by atoms with Crippen molar-refractivity contribution in [2.75, 3.05) is 13.1 Å². The highest BCUT2D eigenvalue weighted by Crippen LogP contribution is 2.34. The van der Waals surface area contributed by atoms with E-state index in [1.54, 1.807) is 84.1 Å². The van der Waals surface area contributed by atoms with Crippen LogP contribution in [0.25, 0.3) is 28.0 Å². The molecule has 0 saturated carbocycles. The molecule has 3 aromatic carbocycles. The molecule has 5 aromatic rings. The van der Waals surface area contributed by atoms with E-state index in [4.69, 9.17) is 14.2 Å². The van der Waals surface area contributed by atoms with Crippen molar-refractivity contribution in [2.45, 2.75) is 111 Å². The molecule has 0 spiro atoms. The fourth-order valence-corrected chi connectivity index (χ4v) is 6.46. The van der Waals surface area contributed by atoms with E-state index in [-0.39, 0.29) is 43.5 Å². The van der Waals surface area contributed by atoms with Crippen LogP contribution in [0.1, 0.15) is 90.0 Å². The third-order valence-electron chi connectivity index (χ3n) is 9.33. The van der Waals surface area contributed by atoms with Crippen LogP contribution >= 0.6 is 0 Å². The molecule has 2 heterocycles. The molecule has 0 unspecified atom stereocenters. The molecule has 3 amide bonds. The van der Waals surface area contributed by atoms with Gasteiger partial charge in [0.1, 0.15) is 23.5 Å². The van der Waals surface area contributed by atoms with Crippen LogP contribution in [0, 0.1) is 0 Å². The molecule has 0 fully saturated rings. The number of benzene rings is 3. The lowest BCUT2D eigenvalue weighted by Gasteiger charge is -2.27. The van der Waals surface area contributed by atoms with E-state index in [0.717, 1.165) is 23.3 Å². The van der Waals surface area contributed by atoms with Crippen molar-refractivity contribution >= 4 is 29.3 Å². The summed E-state index contributed by atoms with van der Waals surface area (Å²) in [5.74, 6) is 0. The van der Waals surface area contributed by atoms with Crippen LogP contribution in [-0.4, -0.2) is 68.0 Å². The van der Waals surface area contributed by atoms with Crippen LogP contribution in [0.4, 0.5) is 27.6 Å². The number of alkyl halides is 3. The average molecular weight is 861 g/mol. The molecule has 0 aliphatic heterocycles. The molecule has 13 nitrogen and oxygen atoms in total. The first kappa shape index (κ1) is 46.7. The van der Waals surface area contributed by atoms with E-state index in [9.17, 15) is 32.3 Å². The van der Waals surface area contributed by atoms with Gasteiger partial charge < -0.3 is 34.7 Å². The minimum absolute atomic E-state index is 0.123. The summed E-state index contributed by atoms with van der Waals surface area (Å²) in [6.07, 6.45) is -2.93. The monoisotopic (exact) mass is 860 g/mol. The van der Waals surface area contributed by atoms with Gasteiger partial charge in [-0.3, -0.25) is 4.57 Å². The number of nitrogens with one attached hydrogen (secondary N) is 3. The number of hydrogen-bond acceptors (Lipinski definition) is 8. The summed E-state index contributed by atoms with van der Waals surface area (Å²) in [5, 5.41) is 5.96. The SMILES string of the molecule is C[C@@H](CCCc1cc(-c2cc3cn(-c4ccc(CN(CCCNC(=O)OC(C)(C)C)C(=O)OC(C)(C)C)cc4)c(=O)nc3[nH]2)cc(C(F)(F)F)c1)NC(=O)OCc1ccccc1. The number of halogens is 3. The van der Waals surface area contributed by atoms with Gasteiger partial charge in [-0.05, 0) is 133 Å². The Labute approximate surface area is 359 Å². The normalized spacial score (nSPS) is 12.4. The lowest BCUT2D eigenvalue weighted by atomic mass is 9.98. The zero-order chi connectivity index (χ0) is 45.2. The predicted molar refractivity (Wildman–Crippen MR) is 230 cm³/mol. The van der Waals surface area contributed by atoms with Crippen molar-refractivity contribution in [3.8, 4) is 16.9 Å². The second kappa shape index (κ2) is 20.0. The number of aryl methyl sites for hydroxylation is 1. The Morgan fingerprint density at radius 2 is 1.53 bits per heavy atom. The molecule has 1 atom stereocenters. The molecule has 16 heteroatoms. The largest absolute Gasteiger partial charge is 0.445 e. The molecule has 0 saturated heterocycles. The van der Waals surface area contributed by atoms with E-state index in [2.05, 4.69) is 20.6 Å². The highest BCUT2D eigenvalue weighted by Gasteiger charge is 2.31. The average Bonchev–Trinajstić information content (AvgIpc) is 3.60. The van der Waals surface area contributed by atoms with Gasteiger partial charge in [-0.1, -0.05) is 42.5 Å². The fourth-order valence-electron chi connectivity index (χ4n) is 6.46. The Morgan fingerprint density at radius 1 is 0.839 bits per heavy atom. The second-order valence-corrected chi connectivity index (χ2v) is 17.1. The lowest BCUT2D eigenvalue weighted by molar-refractivity contribution is -0.137. The Hall–Kier alpha value is -6.32. The number of carbonyl (C=O) groups is 3. The van der Waals surface area contributed by atoms with E-state index < -0.39 is 46.9 Å². The number of carbonyl (C=O) groups excluding carboxylic acids is 3. The number of nitrogens with zero attached hydrogens (tertiary/aromatic N) is 3. The van der Waals surface area contributed by atoms with E-state index in [1.165, 1.54) is 9.47 Å². The number of hydrogen-bond donors (Lipinski definition) is 3. The van der Waals surface area contributed by atoms with Gasteiger partial charge in [-0.15, -0.1) is 0 Å². The molecule has 0 bridgehead atoms. The third kappa shape index (κ3) is 14.4.